The van der Waals surface area contributed by atoms with E-state index in [9.17, 15) is 18.0 Å². The summed E-state index contributed by atoms with van der Waals surface area (Å²) < 4.78 is 37.4. The first-order valence-corrected chi connectivity index (χ1v) is 8.75. The molecule has 9 heteroatoms. The third-order valence-electron chi connectivity index (χ3n) is 3.24. The molecule has 0 N–H and O–H groups in total. The van der Waals surface area contributed by atoms with Gasteiger partial charge in [-0.2, -0.15) is 13.2 Å². The number of benzene rings is 1. The summed E-state index contributed by atoms with van der Waals surface area (Å²) in [5.41, 5.74) is 0.00261. The van der Waals surface area contributed by atoms with Gasteiger partial charge >= 0.3 is 6.18 Å². The average Bonchev–Trinajstić information content (AvgIpc) is 2.55. The summed E-state index contributed by atoms with van der Waals surface area (Å²) in [6, 6.07) is 7.29. The molecule has 0 aliphatic rings. The molecule has 0 saturated heterocycles. The Balaban J connectivity index is 1.89. The number of rotatable bonds is 5. The Labute approximate surface area is 157 Å². The van der Waals surface area contributed by atoms with Crippen LogP contribution in [0.15, 0.2) is 41.6 Å². The van der Waals surface area contributed by atoms with Crippen molar-refractivity contribution in [3.05, 3.63) is 57.7 Å². The zero-order valence-corrected chi connectivity index (χ0v) is 15.3. The molecule has 1 amide bonds. The number of carbonyl (C=O) groups is 1. The van der Waals surface area contributed by atoms with Crippen molar-refractivity contribution in [3.8, 4) is 0 Å². The second-order valence-electron chi connectivity index (χ2n) is 5.17. The van der Waals surface area contributed by atoms with Crippen LogP contribution in [0.5, 0.6) is 0 Å². The minimum Gasteiger partial charge on any atom is -0.341 e. The summed E-state index contributed by atoms with van der Waals surface area (Å²) in [7, 11) is 1.63. The molecule has 0 atom stereocenters. The van der Waals surface area contributed by atoms with Crippen molar-refractivity contribution in [2.75, 3.05) is 12.8 Å². The molecule has 1 aromatic carbocycles. The molecule has 0 unspecified atom stereocenters. The van der Waals surface area contributed by atoms with Crippen LogP contribution in [0.3, 0.4) is 0 Å². The van der Waals surface area contributed by atoms with Crippen LogP contribution < -0.4 is 0 Å². The fourth-order valence-corrected chi connectivity index (χ4v) is 2.98. The van der Waals surface area contributed by atoms with Crippen molar-refractivity contribution < 1.29 is 18.0 Å². The lowest BCUT2D eigenvalue weighted by atomic mass is 10.2. The Hall–Kier alpha value is -1.44. The summed E-state index contributed by atoms with van der Waals surface area (Å²) in [4.78, 5) is 17.4. The third kappa shape index (κ3) is 5.80. The Morgan fingerprint density at radius 1 is 1.20 bits per heavy atom. The summed E-state index contributed by atoms with van der Waals surface area (Å²) in [5, 5.41) is 1.19. The first kappa shape index (κ1) is 19.9. The fourth-order valence-electron chi connectivity index (χ4n) is 1.88. The predicted molar refractivity (Wildman–Crippen MR) is 92.9 cm³/mol. The molecule has 0 aliphatic carbocycles. The number of hydrogen-bond acceptors (Lipinski definition) is 3. The normalized spacial score (nSPS) is 11.4. The van der Waals surface area contributed by atoms with Gasteiger partial charge in [0.2, 0.25) is 5.91 Å². The zero-order valence-electron chi connectivity index (χ0n) is 13.0. The highest BCUT2D eigenvalue weighted by molar-refractivity contribution is 7.99. The molecule has 0 radical (unpaired) electrons. The van der Waals surface area contributed by atoms with Crippen LogP contribution in [0.4, 0.5) is 13.2 Å². The highest BCUT2D eigenvalue weighted by Crippen LogP contribution is 2.29. The lowest BCUT2D eigenvalue weighted by Crippen LogP contribution is -2.27. The van der Waals surface area contributed by atoms with Gasteiger partial charge in [-0.3, -0.25) is 4.79 Å². The van der Waals surface area contributed by atoms with E-state index < -0.39 is 11.7 Å². The van der Waals surface area contributed by atoms with Gasteiger partial charge < -0.3 is 4.90 Å². The van der Waals surface area contributed by atoms with E-state index in [-0.39, 0.29) is 11.7 Å². The summed E-state index contributed by atoms with van der Waals surface area (Å²) in [6.07, 6.45) is -3.67. The van der Waals surface area contributed by atoms with E-state index in [1.165, 1.54) is 11.0 Å². The van der Waals surface area contributed by atoms with Crippen LogP contribution in [0.25, 0.3) is 0 Å². The van der Waals surface area contributed by atoms with Gasteiger partial charge in [0.15, 0.2) is 0 Å². The molecule has 0 aliphatic heterocycles. The quantitative estimate of drug-likeness (QED) is 0.640. The molecule has 0 spiro atoms. The lowest BCUT2D eigenvalue weighted by molar-refractivity contribution is -0.138. The topological polar surface area (TPSA) is 33.2 Å². The Morgan fingerprint density at radius 3 is 2.48 bits per heavy atom. The zero-order chi connectivity index (χ0) is 18.6. The molecule has 2 rings (SSSR count). The monoisotopic (exact) mass is 408 g/mol. The summed E-state index contributed by atoms with van der Waals surface area (Å²) >= 11 is 12.9. The van der Waals surface area contributed by atoms with Crippen molar-refractivity contribution in [1.82, 2.24) is 9.88 Å². The molecule has 2 aromatic rings. The van der Waals surface area contributed by atoms with Crippen LogP contribution in [0.2, 0.25) is 10.0 Å². The second-order valence-corrected chi connectivity index (χ2v) is 6.98. The molecule has 25 heavy (non-hydrogen) atoms. The van der Waals surface area contributed by atoms with Crippen LogP contribution in [0, 0.1) is 0 Å². The number of nitrogens with zero attached hydrogens (tertiary/aromatic N) is 2. The van der Waals surface area contributed by atoms with Gasteiger partial charge in [-0.05, 0) is 29.8 Å². The molecule has 1 aromatic heterocycles. The number of pyridine rings is 1. The molecule has 134 valence electrons. The van der Waals surface area contributed by atoms with E-state index >= 15 is 0 Å². The molecule has 1 heterocycles. The summed E-state index contributed by atoms with van der Waals surface area (Å²) in [5.74, 6) is -0.117. The third-order valence-corrected chi connectivity index (χ3v) is 4.90. The maximum Gasteiger partial charge on any atom is 0.417 e. The summed E-state index contributed by atoms with van der Waals surface area (Å²) in [6.45, 7) is 0.344. The largest absolute Gasteiger partial charge is 0.417 e. The standard InChI is InChI=1S/C16H13Cl2F3N2OS/c1-23(8-10-2-4-12(17)13(18)6-10)15(24)9-25-14-5-3-11(7-22-14)16(19,20)21/h2-7H,8-9H2,1H3. The van der Waals surface area contributed by atoms with E-state index in [0.717, 1.165) is 29.6 Å². The van der Waals surface area contributed by atoms with Crippen LogP contribution in [-0.2, 0) is 17.5 Å². The molecular formula is C16H13Cl2F3N2OS. The lowest BCUT2D eigenvalue weighted by Gasteiger charge is -2.17. The SMILES string of the molecule is CN(Cc1ccc(Cl)c(Cl)c1)C(=O)CSc1ccc(C(F)(F)F)cn1. The van der Waals surface area contributed by atoms with Gasteiger partial charge in [0.1, 0.15) is 0 Å². The maximum atomic E-state index is 12.5. The minimum absolute atomic E-state index is 0.0657. The second kappa shape index (κ2) is 8.29. The maximum absolute atomic E-state index is 12.5. The Morgan fingerprint density at radius 2 is 1.92 bits per heavy atom. The van der Waals surface area contributed by atoms with Gasteiger partial charge in [-0.1, -0.05) is 41.0 Å². The Kier molecular flexibility index (Phi) is 6.59. The van der Waals surface area contributed by atoms with Gasteiger partial charge in [0.05, 0.1) is 26.4 Å². The average molecular weight is 409 g/mol. The van der Waals surface area contributed by atoms with Crippen LogP contribution >= 0.6 is 35.0 Å². The van der Waals surface area contributed by atoms with E-state index in [2.05, 4.69) is 4.98 Å². The fraction of sp³-hybridized carbons (Fsp3) is 0.250. The van der Waals surface area contributed by atoms with Gasteiger partial charge in [-0.25, -0.2) is 4.98 Å². The number of carbonyl (C=O) groups excluding carboxylic acids is 1. The van der Waals surface area contributed by atoms with Gasteiger partial charge in [0, 0.05) is 19.8 Å². The highest BCUT2D eigenvalue weighted by Gasteiger charge is 2.30. The number of thioether (sulfide) groups is 1. The molecule has 0 saturated carbocycles. The molecule has 0 fully saturated rings. The van der Waals surface area contributed by atoms with Gasteiger partial charge in [0.25, 0.3) is 0 Å². The number of alkyl halides is 3. The smallest absolute Gasteiger partial charge is 0.341 e. The molecular weight excluding hydrogens is 396 g/mol. The van der Waals surface area contributed by atoms with Crippen molar-refractivity contribution in [3.63, 3.8) is 0 Å². The van der Waals surface area contributed by atoms with Crippen molar-refractivity contribution in [2.45, 2.75) is 17.7 Å². The highest BCUT2D eigenvalue weighted by atomic mass is 35.5. The number of halogens is 5. The van der Waals surface area contributed by atoms with Crippen molar-refractivity contribution >= 4 is 40.9 Å². The Bertz CT molecular complexity index is 754. The van der Waals surface area contributed by atoms with E-state index in [1.807, 2.05) is 0 Å². The van der Waals surface area contributed by atoms with Crippen molar-refractivity contribution in [1.29, 1.82) is 0 Å². The minimum atomic E-state index is -4.42. The predicted octanol–water partition coefficient (Wildman–Crippen LogP) is 5.16. The van der Waals surface area contributed by atoms with E-state index in [4.69, 9.17) is 23.2 Å². The molecule has 0 bridgehead atoms. The van der Waals surface area contributed by atoms with Gasteiger partial charge in [-0.15, -0.1) is 0 Å². The van der Waals surface area contributed by atoms with Crippen molar-refractivity contribution in [2.24, 2.45) is 0 Å². The number of aromatic nitrogens is 1. The first-order valence-electron chi connectivity index (χ1n) is 7.01. The van der Waals surface area contributed by atoms with E-state index in [0.29, 0.717) is 21.6 Å². The van der Waals surface area contributed by atoms with E-state index in [1.54, 1.807) is 25.2 Å². The number of amides is 1. The first-order chi connectivity index (χ1) is 11.7. The van der Waals surface area contributed by atoms with Crippen LogP contribution in [-0.4, -0.2) is 28.6 Å². The number of hydrogen-bond donors (Lipinski definition) is 0. The van der Waals surface area contributed by atoms with Crippen LogP contribution in [0.1, 0.15) is 11.1 Å². The molecule has 3 nitrogen and oxygen atoms in total.